The summed E-state index contributed by atoms with van der Waals surface area (Å²) in [6.07, 6.45) is 1.52. The molecule has 0 radical (unpaired) electrons. The van der Waals surface area contributed by atoms with Gasteiger partial charge in [-0.25, -0.2) is 9.78 Å². The summed E-state index contributed by atoms with van der Waals surface area (Å²) in [6, 6.07) is -3.54. The second-order valence-corrected chi connectivity index (χ2v) is 6.34. The Bertz CT molecular complexity index is 683. The zero-order chi connectivity index (χ0) is 21.3. The van der Waals surface area contributed by atoms with E-state index >= 15 is 0 Å². The molecule has 12 nitrogen and oxygen atoms in total. The number of thiol groups is 1. The topological polar surface area (TPSA) is 200 Å². The summed E-state index contributed by atoms with van der Waals surface area (Å²) in [5.41, 5.74) is 6.01. The van der Waals surface area contributed by atoms with E-state index in [0.29, 0.717) is 5.69 Å². The fourth-order valence-electron chi connectivity index (χ4n) is 2.09. The molecule has 8 N–H and O–H groups in total. The maximum absolute atomic E-state index is 12.2. The van der Waals surface area contributed by atoms with Gasteiger partial charge in [0.1, 0.15) is 12.1 Å². The average molecular weight is 416 g/mol. The van der Waals surface area contributed by atoms with Gasteiger partial charge >= 0.3 is 5.97 Å². The van der Waals surface area contributed by atoms with Crippen LogP contribution in [0.2, 0.25) is 0 Å². The summed E-state index contributed by atoms with van der Waals surface area (Å²) < 4.78 is 0. The van der Waals surface area contributed by atoms with E-state index in [9.17, 15) is 29.4 Å². The third-order valence-electron chi connectivity index (χ3n) is 3.63. The Morgan fingerprint density at radius 1 is 1.29 bits per heavy atom. The van der Waals surface area contributed by atoms with Crippen molar-refractivity contribution in [3.8, 4) is 0 Å². The van der Waals surface area contributed by atoms with Crippen LogP contribution in [0, 0.1) is 0 Å². The highest BCUT2D eigenvalue weighted by Gasteiger charge is 2.28. The number of imidazole rings is 1. The number of aliphatic carboxylic acids is 1. The Morgan fingerprint density at radius 2 is 1.96 bits per heavy atom. The standard InChI is InChI=1S/C15H24N6O6S/c1-7(22)12(21-13(24)9(16)5-28)14(25)18-4-11(23)20-10(15(26)27)2-8-3-17-6-19-8/h3,6-7,9-10,12,22,28H,2,4-5,16H2,1H3,(H,17,19)(H,18,25)(H,20,23)(H,21,24)(H,26,27). The molecule has 4 unspecified atom stereocenters. The molecule has 0 spiro atoms. The Hall–Kier alpha value is -2.64. The van der Waals surface area contributed by atoms with E-state index in [0.717, 1.165) is 0 Å². The minimum atomic E-state index is -1.34. The van der Waals surface area contributed by atoms with Crippen LogP contribution in [0.5, 0.6) is 0 Å². The molecule has 3 amide bonds. The molecule has 0 aromatic carbocycles. The molecule has 0 aliphatic carbocycles. The molecule has 28 heavy (non-hydrogen) atoms. The van der Waals surface area contributed by atoms with Crippen molar-refractivity contribution in [3.05, 3.63) is 18.2 Å². The van der Waals surface area contributed by atoms with Gasteiger partial charge in [-0.15, -0.1) is 0 Å². The lowest BCUT2D eigenvalue weighted by molar-refractivity contribution is -0.141. The number of carbonyl (C=O) groups excluding carboxylic acids is 3. The number of aromatic amines is 1. The van der Waals surface area contributed by atoms with Crippen LogP contribution in [0.4, 0.5) is 0 Å². The van der Waals surface area contributed by atoms with E-state index < -0.39 is 54.5 Å². The highest BCUT2D eigenvalue weighted by molar-refractivity contribution is 7.80. The lowest BCUT2D eigenvalue weighted by Gasteiger charge is -2.22. The summed E-state index contributed by atoms with van der Waals surface area (Å²) in [5, 5.41) is 25.7. The van der Waals surface area contributed by atoms with Crippen molar-refractivity contribution in [2.75, 3.05) is 12.3 Å². The van der Waals surface area contributed by atoms with Gasteiger partial charge in [0.05, 0.1) is 25.0 Å². The molecular formula is C15H24N6O6S. The number of aliphatic hydroxyl groups excluding tert-OH is 1. The molecule has 0 aliphatic heterocycles. The van der Waals surface area contributed by atoms with Crippen LogP contribution in [0.25, 0.3) is 0 Å². The van der Waals surface area contributed by atoms with E-state index in [-0.39, 0.29) is 12.2 Å². The van der Waals surface area contributed by atoms with Gasteiger partial charge in [-0.2, -0.15) is 12.6 Å². The largest absolute Gasteiger partial charge is 0.480 e. The number of carbonyl (C=O) groups is 4. The van der Waals surface area contributed by atoms with Crippen molar-refractivity contribution < 1.29 is 29.4 Å². The smallest absolute Gasteiger partial charge is 0.326 e. The first-order valence-corrected chi connectivity index (χ1v) is 8.91. The zero-order valence-electron chi connectivity index (χ0n) is 15.1. The second kappa shape index (κ2) is 11.3. The number of carboxylic acid groups (broad SMARTS) is 1. The van der Waals surface area contributed by atoms with Gasteiger partial charge in [0, 0.05) is 24.1 Å². The Balaban J connectivity index is 2.59. The number of amides is 3. The third kappa shape index (κ3) is 7.54. The lowest BCUT2D eigenvalue weighted by atomic mass is 10.1. The number of nitrogens with two attached hydrogens (primary N) is 1. The number of hydrogen-bond donors (Lipinski definition) is 8. The fraction of sp³-hybridized carbons (Fsp3) is 0.533. The molecule has 1 aromatic heterocycles. The average Bonchev–Trinajstić information content (AvgIpc) is 3.15. The molecular weight excluding hydrogens is 392 g/mol. The number of nitrogens with one attached hydrogen (secondary N) is 4. The molecule has 1 aromatic rings. The van der Waals surface area contributed by atoms with E-state index in [4.69, 9.17) is 5.73 Å². The van der Waals surface area contributed by atoms with Crippen LogP contribution in [0.1, 0.15) is 12.6 Å². The van der Waals surface area contributed by atoms with E-state index in [1.807, 2.05) is 0 Å². The van der Waals surface area contributed by atoms with Gasteiger partial charge in [-0.3, -0.25) is 14.4 Å². The van der Waals surface area contributed by atoms with Crippen LogP contribution in [-0.2, 0) is 25.6 Å². The summed E-state index contributed by atoms with van der Waals surface area (Å²) >= 11 is 3.87. The van der Waals surface area contributed by atoms with Gasteiger partial charge in [-0.1, -0.05) is 0 Å². The first kappa shape index (κ1) is 23.4. The van der Waals surface area contributed by atoms with Crippen molar-refractivity contribution >= 4 is 36.3 Å². The Morgan fingerprint density at radius 3 is 2.46 bits per heavy atom. The van der Waals surface area contributed by atoms with E-state index in [1.165, 1.54) is 19.4 Å². The van der Waals surface area contributed by atoms with Crippen molar-refractivity contribution in [2.24, 2.45) is 5.73 Å². The fourth-order valence-corrected chi connectivity index (χ4v) is 2.25. The number of rotatable bonds is 11. The van der Waals surface area contributed by atoms with Gasteiger partial charge < -0.3 is 36.9 Å². The van der Waals surface area contributed by atoms with Crippen molar-refractivity contribution in [2.45, 2.75) is 37.6 Å². The molecule has 0 aliphatic rings. The van der Waals surface area contributed by atoms with Crippen molar-refractivity contribution in [1.29, 1.82) is 0 Å². The van der Waals surface area contributed by atoms with Crippen LogP contribution in [-0.4, -0.2) is 80.4 Å². The van der Waals surface area contributed by atoms with Gasteiger partial charge in [0.2, 0.25) is 17.7 Å². The summed E-state index contributed by atoms with van der Waals surface area (Å²) in [6.45, 7) is 0.727. The first-order chi connectivity index (χ1) is 13.1. The minimum absolute atomic E-state index is 0.0248. The Labute approximate surface area is 166 Å². The van der Waals surface area contributed by atoms with Gasteiger partial charge in [0.15, 0.2) is 0 Å². The number of H-pyrrole nitrogens is 1. The summed E-state index contributed by atoms with van der Waals surface area (Å²) in [7, 11) is 0. The van der Waals surface area contributed by atoms with Crippen molar-refractivity contribution in [1.82, 2.24) is 25.9 Å². The molecule has 0 saturated heterocycles. The number of aliphatic hydroxyl groups is 1. The van der Waals surface area contributed by atoms with Crippen LogP contribution in [0.3, 0.4) is 0 Å². The Kier molecular flexibility index (Phi) is 9.41. The highest BCUT2D eigenvalue weighted by atomic mass is 32.1. The van der Waals surface area contributed by atoms with Crippen molar-refractivity contribution in [3.63, 3.8) is 0 Å². The quantitative estimate of drug-likeness (QED) is 0.172. The molecule has 0 saturated carbocycles. The minimum Gasteiger partial charge on any atom is -0.480 e. The van der Waals surface area contributed by atoms with Gasteiger partial charge in [0.25, 0.3) is 0 Å². The van der Waals surface area contributed by atoms with E-state index in [2.05, 4.69) is 38.5 Å². The SMILES string of the molecule is CC(O)C(NC(=O)C(N)CS)C(=O)NCC(=O)NC(Cc1cnc[nH]1)C(=O)O. The van der Waals surface area contributed by atoms with Crippen LogP contribution < -0.4 is 21.7 Å². The third-order valence-corrected chi connectivity index (χ3v) is 4.02. The predicted octanol–water partition coefficient (Wildman–Crippen LogP) is -3.24. The maximum atomic E-state index is 12.2. The van der Waals surface area contributed by atoms with Crippen LogP contribution in [0.15, 0.2) is 12.5 Å². The molecule has 1 heterocycles. The van der Waals surface area contributed by atoms with E-state index in [1.54, 1.807) is 0 Å². The number of aromatic nitrogens is 2. The van der Waals surface area contributed by atoms with Gasteiger partial charge in [-0.05, 0) is 6.92 Å². The molecule has 0 bridgehead atoms. The molecule has 4 atom stereocenters. The molecule has 1 rings (SSSR count). The predicted molar refractivity (Wildman–Crippen MR) is 100 cm³/mol. The summed E-state index contributed by atoms with van der Waals surface area (Å²) in [4.78, 5) is 53.7. The molecule has 156 valence electrons. The maximum Gasteiger partial charge on any atom is 0.326 e. The monoisotopic (exact) mass is 416 g/mol. The molecule has 0 fully saturated rings. The number of nitrogens with zero attached hydrogens (tertiary/aromatic N) is 1. The highest BCUT2D eigenvalue weighted by Crippen LogP contribution is 1.99. The zero-order valence-corrected chi connectivity index (χ0v) is 16.0. The number of hydrogen-bond acceptors (Lipinski definition) is 8. The summed E-state index contributed by atoms with van der Waals surface area (Å²) in [5.74, 6) is -3.50. The lowest BCUT2D eigenvalue weighted by Crippen LogP contribution is -2.57. The normalized spacial score (nSPS) is 15.0. The van der Waals surface area contributed by atoms with Crippen LogP contribution >= 0.6 is 12.6 Å². The molecule has 13 heteroatoms. The first-order valence-electron chi connectivity index (χ1n) is 8.27. The number of carboxylic acids is 1. The second-order valence-electron chi connectivity index (χ2n) is 5.97.